The van der Waals surface area contributed by atoms with Crippen LogP contribution in [0.4, 0.5) is 5.13 Å². The number of benzene rings is 5. The van der Waals surface area contributed by atoms with Gasteiger partial charge in [0.2, 0.25) is 11.8 Å². The molecule has 0 saturated heterocycles. The monoisotopic (exact) mass is 965 g/mol. The third-order valence-electron chi connectivity index (χ3n) is 11.1. The second-order valence-electron chi connectivity index (χ2n) is 15.6. The molecule has 66 heavy (non-hydrogen) atoms. The van der Waals surface area contributed by atoms with Crippen LogP contribution in [0.5, 0.6) is 17.2 Å². The smallest absolute Gasteiger partial charge is 0.328 e. The van der Waals surface area contributed by atoms with E-state index in [0.717, 1.165) is 37.9 Å². The molecule has 2 N–H and O–H groups in total. The number of thiazole rings is 1. The fourth-order valence-electron chi connectivity index (χ4n) is 7.68. The Morgan fingerprint density at radius 3 is 2.27 bits per heavy atom. The summed E-state index contributed by atoms with van der Waals surface area (Å²) in [5.41, 5.74) is 6.07. The van der Waals surface area contributed by atoms with Crippen LogP contribution in [0.15, 0.2) is 107 Å². The van der Waals surface area contributed by atoms with Crippen molar-refractivity contribution in [1.82, 2.24) is 14.6 Å². The number of aromatic nitrogens is 1. The summed E-state index contributed by atoms with van der Waals surface area (Å²) in [5, 5.41) is 15.5. The quantitative estimate of drug-likeness (QED) is 0.106. The number of fused-ring (bicyclic) bond motifs is 2. The molecule has 1 aromatic heterocycles. The Bertz CT molecular complexity index is 2980. The molecule has 6 aromatic rings. The highest BCUT2D eigenvalue weighted by Crippen LogP contribution is 2.42. The molecular formula is C48H41Cl2N5O9S2. The van der Waals surface area contributed by atoms with Crippen LogP contribution >= 0.6 is 34.5 Å². The Kier molecular flexibility index (Phi) is 13.6. The Morgan fingerprint density at radius 1 is 0.924 bits per heavy atom. The van der Waals surface area contributed by atoms with Gasteiger partial charge in [0.05, 0.1) is 34.5 Å². The van der Waals surface area contributed by atoms with Gasteiger partial charge in [0, 0.05) is 19.9 Å². The molecule has 2 amide bonds. The number of hydrogen-bond donors (Lipinski definition) is 2. The van der Waals surface area contributed by atoms with Crippen molar-refractivity contribution in [3.8, 4) is 34.4 Å². The number of aryl methyl sites for hydroxylation is 1. The molecule has 3 heterocycles. The van der Waals surface area contributed by atoms with E-state index in [9.17, 15) is 22.8 Å². The molecule has 0 fully saturated rings. The van der Waals surface area contributed by atoms with E-state index in [0.29, 0.717) is 49.5 Å². The molecular weight excluding hydrogens is 926 g/mol. The standard InChI is InChI=1S/C48H41Cl2N5O9S2/c1-27-47(65-48(52-27)53-28(2)56)66(59,60)55-24-36-22-43-42(63-26-44(64-43)34-13-15-37(16-14-34)62-25-31-8-17-38(49)39(50)18-31)21-35(36)20-41(55)45(57)54-40(46(58)61-3)19-29-4-9-32(10-5-29)33-11-6-30(23-51)7-12-33/h4-18,21-22,40-41,44H,19-20,24-26H2,1-3H3,(H,54,57)(H,52,53,56)/t40-,41-,44-/m0/s1. The van der Waals surface area contributed by atoms with Gasteiger partial charge in [0.15, 0.2) is 26.9 Å². The summed E-state index contributed by atoms with van der Waals surface area (Å²) in [6.45, 7) is 3.02. The summed E-state index contributed by atoms with van der Waals surface area (Å²) < 4.78 is 54.1. The second-order valence-corrected chi connectivity index (χ2v) is 19.5. The SMILES string of the molecule is COC(=O)[C@H](Cc1ccc(-c2ccc(C#N)cc2)cc1)NC(=O)[C@@H]1Cc2cc3c(cc2CN1S(=O)(=O)c1sc(NC(C)=O)nc1C)O[C@H](c1ccc(OCc2ccc(Cl)c(Cl)c2)cc1)CO3. The Morgan fingerprint density at radius 2 is 1.61 bits per heavy atom. The number of nitriles is 1. The van der Waals surface area contributed by atoms with Gasteiger partial charge < -0.3 is 29.6 Å². The number of rotatable bonds is 13. The first kappa shape index (κ1) is 46.1. The molecule has 0 bridgehead atoms. The summed E-state index contributed by atoms with van der Waals surface area (Å²) in [5.74, 6) is -0.422. The van der Waals surface area contributed by atoms with E-state index >= 15 is 0 Å². The maximum atomic E-state index is 14.7. The number of nitrogens with zero attached hydrogens (tertiary/aromatic N) is 3. The number of anilines is 1. The molecule has 0 saturated carbocycles. The molecule has 8 rings (SSSR count). The van der Waals surface area contributed by atoms with Gasteiger partial charge in [-0.1, -0.05) is 89.1 Å². The number of carbonyl (C=O) groups excluding carboxylic acids is 3. The van der Waals surface area contributed by atoms with E-state index in [4.69, 9.17) is 47.4 Å². The van der Waals surface area contributed by atoms with E-state index in [-0.39, 0.29) is 47.6 Å². The van der Waals surface area contributed by atoms with Crippen molar-refractivity contribution in [1.29, 1.82) is 5.26 Å². The molecule has 2 aliphatic rings. The number of hydrogen-bond acceptors (Lipinski definition) is 12. The Balaban J connectivity index is 1.04. The summed E-state index contributed by atoms with van der Waals surface area (Å²) in [7, 11) is -3.25. The van der Waals surface area contributed by atoms with Crippen LogP contribution in [0.2, 0.25) is 10.0 Å². The third-order valence-corrected chi connectivity index (χ3v) is 15.3. The molecule has 0 aliphatic carbocycles. The second kappa shape index (κ2) is 19.5. The molecule has 0 radical (unpaired) electrons. The van der Waals surface area contributed by atoms with Crippen LogP contribution in [0.3, 0.4) is 0 Å². The van der Waals surface area contributed by atoms with Gasteiger partial charge in [0.25, 0.3) is 10.0 Å². The zero-order chi connectivity index (χ0) is 46.7. The number of amides is 2. The average molecular weight is 967 g/mol. The lowest BCUT2D eigenvalue weighted by Gasteiger charge is -2.36. The molecule has 0 unspecified atom stereocenters. The van der Waals surface area contributed by atoms with E-state index < -0.39 is 46.0 Å². The van der Waals surface area contributed by atoms with Gasteiger partial charge in [-0.15, -0.1) is 0 Å². The minimum Gasteiger partial charge on any atom is -0.489 e. The Labute approximate surface area is 395 Å². The molecule has 14 nitrogen and oxygen atoms in total. The number of sulfonamides is 1. The predicted octanol–water partition coefficient (Wildman–Crippen LogP) is 8.36. The van der Waals surface area contributed by atoms with Gasteiger partial charge in [-0.3, -0.25) is 9.59 Å². The highest BCUT2D eigenvalue weighted by Gasteiger charge is 2.43. The van der Waals surface area contributed by atoms with Crippen molar-refractivity contribution in [3.05, 3.63) is 152 Å². The molecule has 3 atom stereocenters. The minimum absolute atomic E-state index is 0.0461. The van der Waals surface area contributed by atoms with Gasteiger partial charge in [-0.25, -0.2) is 18.2 Å². The molecule has 338 valence electrons. The van der Waals surface area contributed by atoms with Crippen molar-refractivity contribution >= 4 is 67.5 Å². The number of nitrogens with one attached hydrogen (secondary N) is 2. The first-order valence-corrected chi connectivity index (χ1v) is 23.6. The number of methoxy groups -OCH3 is 1. The lowest BCUT2D eigenvalue weighted by molar-refractivity contribution is -0.145. The van der Waals surface area contributed by atoms with Crippen LogP contribution in [-0.2, 0) is 55.1 Å². The minimum atomic E-state index is -4.46. The number of carbonyl (C=O) groups is 3. The first-order chi connectivity index (χ1) is 31.7. The van der Waals surface area contributed by atoms with Crippen LogP contribution in [0.25, 0.3) is 11.1 Å². The van der Waals surface area contributed by atoms with Gasteiger partial charge >= 0.3 is 5.97 Å². The maximum absolute atomic E-state index is 14.7. The van der Waals surface area contributed by atoms with E-state index in [1.165, 1.54) is 21.0 Å². The van der Waals surface area contributed by atoms with E-state index in [2.05, 4.69) is 21.7 Å². The Hall–Kier alpha value is -6.48. The van der Waals surface area contributed by atoms with Crippen molar-refractivity contribution < 1.29 is 41.7 Å². The predicted molar refractivity (Wildman–Crippen MR) is 248 cm³/mol. The number of esters is 1. The molecule has 0 spiro atoms. The normalized spacial score (nSPS) is 16.0. The topological polar surface area (TPSA) is 186 Å². The summed E-state index contributed by atoms with van der Waals surface area (Å²) in [6.07, 6.45) is -0.533. The van der Waals surface area contributed by atoms with E-state index in [1.54, 1.807) is 36.4 Å². The number of halogens is 2. The summed E-state index contributed by atoms with van der Waals surface area (Å²) in [4.78, 5) is 43.9. The van der Waals surface area contributed by atoms with Crippen LogP contribution in [-0.4, -0.2) is 61.3 Å². The van der Waals surface area contributed by atoms with Gasteiger partial charge in [-0.05, 0) is 101 Å². The highest BCUT2D eigenvalue weighted by molar-refractivity contribution is 7.91. The average Bonchev–Trinajstić information content (AvgIpc) is 3.70. The first-order valence-electron chi connectivity index (χ1n) is 20.6. The van der Waals surface area contributed by atoms with Crippen molar-refractivity contribution in [2.75, 3.05) is 19.0 Å². The van der Waals surface area contributed by atoms with Crippen LogP contribution < -0.4 is 24.8 Å². The van der Waals surface area contributed by atoms with Crippen molar-refractivity contribution in [2.45, 2.75) is 62.2 Å². The van der Waals surface area contributed by atoms with Crippen LogP contribution in [0, 0.1) is 18.3 Å². The zero-order valence-corrected chi connectivity index (χ0v) is 38.8. The van der Waals surface area contributed by atoms with E-state index in [1.807, 2.05) is 66.7 Å². The summed E-state index contributed by atoms with van der Waals surface area (Å²) >= 11 is 13.0. The molecule has 18 heteroatoms. The lowest BCUT2D eigenvalue weighted by atomic mass is 9.93. The van der Waals surface area contributed by atoms with Crippen molar-refractivity contribution in [3.63, 3.8) is 0 Å². The summed E-state index contributed by atoms with van der Waals surface area (Å²) in [6, 6.07) is 30.3. The fraction of sp³-hybridized carbons (Fsp3) is 0.229. The van der Waals surface area contributed by atoms with Gasteiger partial charge in [-0.2, -0.15) is 9.57 Å². The zero-order valence-electron chi connectivity index (χ0n) is 35.7. The fourth-order valence-corrected chi connectivity index (χ4v) is 11.1. The molecule has 5 aromatic carbocycles. The lowest BCUT2D eigenvalue weighted by Crippen LogP contribution is -2.56. The molecule has 2 aliphatic heterocycles. The highest BCUT2D eigenvalue weighted by atomic mass is 35.5. The third kappa shape index (κ3) is 10.2. The van der Waals surface area contributed by atoms with Gasteiger partial charge in [0.1, 0.15) is 31.0 Å². The van der Waals surface area contributed by atoms with Crippen molar-refractivity contribution in [2.24, 2.45) is 0 Å². The largest absolute Gasteiger partial charge is 0.489 e. The van der Waals surface area contributed by atoms with Crippen LogP contribution in [0.1, 0.15) is 52.1 Å². The number of ether oxygens (including phenoxy) is 4. The maximum Gasteiger partial charge on any atom is 0.328 e.